The van der Waals surface area contributed by atoms with Gasteiger partial charge in [0.1, 0.15) is 52.2 Å². The molecule has 2 aliphatic heterocycles. The zero-order valence-corrected chi connectivity index (χ0v) is 47.8. The minimum absolute atomic E-state index is 0.0497. The number of ether oxygens (including phenoxy) is 5. The molecule has 4 N–H and O–H groups in total. The van der Waals surface area contributed by atoms with Gasteiger partial charge in [-0.3, -0.25) is 19.7 Å². The number of esters is 1. The van der Waals surface area contributed by atoms with Crippen molar-refractivity contribution in [3.63, 3.8) is 0 Å². The molecule has 1 aromatic carbocycles. The van der Waals surface area contributed by atoms with Crippen LogP contribution in [0.2, 0.25) is 0 Å². The zero-order valence-electron chi connectivity index (χ0n) is 46.2. The molecule has 2 fully saturated rings. The topological polar surface area (TPSA) is 330 Å². The lowest BCUT2D eigenvalue weighted by Crippen LogP contribution is -2.76. The predicted molar refractivity (Wildman–Crippen MR) is 278 cm³/mol. The Labute approximate surface area is 456 Å². The van der Waals surface area contributed by atoms with Crippen LogP contribution in [0.25, 0.3) is 0 Å². The molecule has 0 radical (unpaired) electrons. The van der Waals surface area contributed by atoms with Gasteiger partial charge in [0, 0.05) is 30.6 Å². The number of hydrogen-bond acceptors (Lipinski definition) is 20. The van der Waals surface area contributed by atoms with E-state index in [0.29, 0.717) is 49.9 Å². The fourth-order valence-corrected chi connectivity index (χ4v) is 8.37. The van der Waals surface area contributed by atoms with Crippen LogP contribution in [0.3, 0.4) is 0 Å². The number of alkyl carbamates (subject to hydrolysis) is 1. The molecule has 2 aromatic heterocycles. The third kappa shape index (κ3) is 18.8. The number of hydroxylamine groups is 2. The van der Waals surface area contributed by atoms with Gasteiger partial charge in [0.2, 0.25) is 16.6 Å². The summed E-state index contributed by atoms with van der Waals surface area (Å²) in [6, 6.07) is 4.43. The second-order valence-corrected chi connectivity index (χ2v) is 24.6. The first-order chi connectivity index (χ1) is 35.8. The molecular weight excluding hydrogens is 1060 g/mol. The first-order valence-corrected chi connectivity index (χ1v) is 26.9. The van der Waals surface area contributed by atoms with Gasteiger partial charge < -0.3 is 53.9 Å². The monoisotopic (exact) mass is 1130 g/mol. The van der Waals surface area contributed by atoms with E-state index in [9.17, 15) is 46.5 Å². The number of nitrogens with zero attached hydrogens (tertiary/aromatic N) is 6. The van der Waals surface area contributed by atoms with E-state index in [1.54, 1.807) is 100 Å². The summed E-state index contributed by atoms with van der Waals surface area (Å²) in [6.07, 6.45) is 0.588. The average Bonchev–Trinajstić information content (AvgIpc) is 3.88. The molecular formula is C49H70N10O17S2. The number of amides is 6. The first-order valence-electron chi connectivity index (χ1n) is 24.7. The van der Waals surface area contributed by atoms with Crippen molar-refractivity contribution < 1.29 is 84.0 Å². The van der Waals surface area contributed by atoms with Gasteiger partial charge in [0.15, 0.2) is 17.4 Å². The maximum Gasteiger partial charge on any atom is 0.413 e. The minimum atomic E-state index is -5.37. The lowest BCUT2D eigenvalue weighted by Gasteiger charge is -2.51. The fraction of sp³-hybridized carbons (Fsp3) is 0.592. The van der Waals surface area contributed by atoms with Crippen LogP contribution in [0.1, 0.15) is 119 Å². The standard InChI is InChI=1S/C49H70N10O17S2/c1-45(2,3)71-40(63)34(75-55-35(33-28-77-41(52-33)54-43(65)73-47(7,8)9)38(61)53-36-39(62)59(49(36,13)14)76-78(67,68)69)27-70-32-18-16-30(17-19-32)37(60)51-31-25-57(21-15-20-50-42(64)72-46(4,5)6)58(26-31)24-29-22-56(23-29)44(66)74-48(10,11)12/h16-19,25-26,28-29,34,36H,15,20-24,27H2,1-14H3,(H4-,50,51,52,53,54,60,61,64,65,67,68,69). The number of oxime groups is 1. The summed E-state index contributed by atoms with van der Waals surface area (Å²) in [6.45, 7) is 24.8. The van der Waals surface area contributed by atoms with E-state index in [4.69, 9.17) is 28.5 Å². The number of anilines is 2. The van der Waals surface area contributed by atoms with Crippen molar-refractivity contribution in [2.24, 2.45) is 11.1 Å². The van der Waals surface area contributed by atoms with E-state index < -0.39 is 105 Å². The van der Waals surface area contributed by atoms with E-state index in [0.717, 1.165) is 11.3 Å². The van der Waals surface area contributed by atoms with Crippen LogP contribution < -0.4 is 30.7 Å². The Morgan fingerprint density at radius 3 is 2.05 bits per heavy atom. The number of benzene rings is 1. The Kier molecular flexibility index (Phi) is 19.2. The van der Waals surface area contributed by atoms with Gasteiger partial charge >= 0.3 is 24.2 Å². The van der Waals surface area contributed by atoms with E-state index in [1.807, 2.05) is 9.36 Å². The SMILES string of the molecule is CC(C)(C)OC(=O)NCCCn1cc(NC(=O)c2ccc(OCC(ON=C(C(=O)NC3C(=O)N(OS(=O)(=O)[O-])C3(C)C)c3csc(NC(=O)OC(C)(C)C)n3)C(=O)OC(C)(C)C)cc2)c[n+]1CC1CN(C(=O)OC(C)(C)C)C1. The third-order valence-corrected chi connectivity index (χ3v) is 11.7. The molecule has 0 bridgehead atoms. The minimum Gasteiger partial charge on any atom is -0.724 e. The molecule has 430 valence electrons. The average molecular weight is 1140 g/mol. The number of rotatable bonds is 20. The number of carbonyl (C=O) groups excluding carboxylic acids is 7. The second-order valence-electron chi connectivity index (χ2n) is 22.7. The molecule has 0 spiro atoms. The molecule has 0 saturated carbocycles. The molecule has 2 saturated heterocycles. The van der Waals surface area contributed by atoms with Gasteiger partial charge in [-0.25, -0.2) is 32.6 Å². The summed E-state index contributed by atoms with van der Waals surface area (Å²) in [4.78, 5) is 103. The van der Waals surface area contributed by atoms with Crippen molar-refractivity contribution in [1.29, 1.82) is 0 Å². The molecule has 6 amide bonds. The molecule has 27 nitrogen and oxygen atoms in total. The largest absolute Gasteiger partial charge is 0.724 e. The Morgan fingerprint density at radius 1 is 0.872 bits per heavy atom. The van der Waals surface area contributed by atoms with Crippen molar-refractivity contribution in [1.82, 2.24) is 30.3 Å². The summed E-state index contributed by atoms with van der Waals surface area (Å²) in [5.41, 5.74) is -4.92. The number of carbonyl (C=O) groups is 7. The van der Waals surface area contributed by atoms with E-state index in [1.165, 1.54) is 43.5 Å². The van der Waals surface area contributed by atoms with Crippen molar-refractivity contribution in [3.05, 3.63) is 53.3 Å². The Bertz CT molecular complexity index is 2830. The third-order valence-electron chi connectivity index (χ3n) is 10.6. The first kappa shape index (κ1) is 61.7. The highest BCUT2D eigenvalue weighted by atomic mass is 32.3. The highest BCUT2D eigenvalue weighted by Gasteiger charge is 2.57. The zero-order chi connectivity index (χ0) is 58.3. The van der Waals surface area contributed by atoms with Crippen molar-refractivity contribution >= 4 is 80.2 Å². The number of nitrogens with one attached hydrogen (secondary N) is 4. The number of β-lactam (4-membered cyclic amide) rings is 1. The predicted octanol–water partition coefficient (Wildman–Crippen LogP) is 4.62. The molecule has 0 aliphatic carbocycles. The van der Waals surface area contributed by atoms with E-state index in [2.05, 4.69) is 35.7 Å². The number of likely N-dealkylation sites (tertiary alicyclic amines) is 1. The molecule has 29 heteroatoms. The van der Waals surface area contributed by atoms with Crippen molar-refractivity contribution in [2.45, 2.75) is 157 Å². The van der Waals surface area contributed by atoms with Crippen LogP contribution in [-0.4, -0.2) is 147 Å². The number of hydrogen-bond donors (Lipinski definition) is 4. The molecule has 78 heavy (non-hydrogen) atoms. The van der Waals surface area contributed by atoms with Crippen LogP contribution in [-0.2, 0) is 65.9 Å². The Balaban J connectivity index is 1.31. The van der Waals surface area contributed by atoms with Gasteiger partial charge in [-0.05, 0) is 128 Å². The van der Waals surface area contributed by atoms with Gasteiger partial charge in [-0.2, -0.15) is 14.0 Å². The molecule has 4 heterocycles. The lowest BCUT2D eigenvalue weighted by molar-refractivity contribution is -0.781. The maximum atomic E-state index is 14.0. The molecule has 2 atom stereocenters. The summed E-state index contributed by atoms with van der Waals surface area (Å²) in [7, 11) is -5.37. The molecule has 2 aliphatic rings. The van der Waals surface area contributed by atoms with Crippen molar-refractivity contribution in [3.8, 4) is 5.75 Å². The van der Waals surface area contributed by atoms with Crippen LogP contribution in [0, 0.1) is 5.92 Å². The maximum absolute atomic E-state index is 14.0. The Morgan fingerprint density at radius 2 is 1.47 bits per heavy atom. The van der Waals surface area contributed by atoms with E-state index in [-0.39, 0.29) is 28.1 Å². The summed E-state index contributed by atoms with van der Waals surface area (Å²) in [5.74, 6) is -3.39. The normalized spacial score (nSPS) is 16.4. The molecule has 5 rings (SSSR count). The fourth-order valence-electron chi connectivity index (χ4n) is 7.24. The second kappa shape index (κ2) is 24.3. The van der Waals surface area contributed by atoms with Gasteiger partial charge in [0.25, 0.3) is 23.8 Å². The smallest absolute Gasteiger partial charge is 0.413 e. The molecule has 2 unspecified atom stereocenters. The van der Waals surface area contributed by atoms with Crippen molar-refractivity contribution in [2.75, 3.05) is 36.9 Å². The summed E-state index contributed by atoms with van der Waals surface area (Å²) < 4.78 is 69.7. The highest BCUT2D eigenvalue weighted by molar-refractivity contribution is 7.80. The lowest BCUT2D eigenvalue weighted by atomic mass is 9.84. The number of aromatic nitrogens is 3. The summed E-state index contributed by atoms with van der Waals surface area (Å²) in [5, 5.41) is 16.0. The van der Waals surface area contributed by atoms with Crippen LogP contribution >= 0.6 is 11.3 Å². The van der Waals surface area contributed by atoms with Crippen LogP contribution in [0.15, 0.2) is 47.2 Å². The van der Waals surface area contributed by atoms with Gasteiger partial charge in [-0.15, -0.1) is 16.0 Å². The van der Waals surface area contributed by atoms with Gasteiger partial charge in [-0.1, -0.05) is 5.16 Å². The molecule has 3 aromatic rings. The number of aryl methyl sites for hydroxylation is 1. The van der Waals surface area contributed by atoms with Crippen LogP contribution in [0.4, 0.5) is 25.2 Å². The quantitative estimate of drug-likeness (QED) is 0.0138. The summed E-state index contributed by atoms with van der Waals surface area (Å²) >= 11 is 0.856. The number of thiazole rings is 1. The highest BCUT2D eigenvalue weighted by Crippen LogP contribution is 2.33. The van der Waals surface area contributed by atoms with Crippen LogP contribution in [0.5, 0.6) is 5.75 Å². The van der Waals surface area contributed by atoms with Gasteiger partial charge in [0.05, 0.1) is 24.2 Å². The Hall–Kier alpha value is -7.11. The van der Waals surface area contributed by atoms with E-state index >= 15 is 0 Å².